The molecule has 16 heavy (non-hydrogen) atoms. The van der Waals surface area contributed by atoms with Crippen LogP contribution in [-0.2, 0) is 0 Å². The van der Waals surface area contributed by atoms with Crippen molar-refractivity contribution in [1.82, 2.24) is 0 Å². The van der Waals surface area contributed by atoms with Crippen LogP contribution in [0.3, 0.4) is 0 Å². The lowest BCUT2D eigenvalue weighted by Crippen LogP contribution is -1.99. The molecule has 0 aliphatic rings. The molecule has 0 aliphatic heterocycles. The van der Waals surface area contributed by atoms with Crippen LogP contribution in [0.1, 0.15) is 30.4 Å². The molecule has 0 bridgehead atoms. The molecule has 3 heteroatoms. The molecule has 0 fully saturated rings. The zero-order valence-corrected chi connectivity index (χ0v) is 11.1. The Bertz CT molecular complexity index is 371. The van der Waals surface area contributed by atoms with Gasteiger partial charge in [0, 0.05) is 5.33 Å². The average molecular weight is 282 g/mol. The number of benzene rings is 1. The number of nitriles is 1. The molecule has 0 saturated carbocycles. The van der Waals surface area contributed by atoms with Gasteiger partial charge < -0.3 is 4.74 Å². The monoisotopic (exact) mass is 281 g/mol. The zero-order valence-electron chi connectivity index (χ0n) is 9.50. The summed E-state index contributed by atoms with van der Waals surface area (Å²) in [5.41, 5.74) is 1.74. The summed E-state index contributed by atoms with van der Waals surface area (Å²) in [6.07, 6.45) is 3.41. The molecule has 86 valence electrons. The highest BCUT2D eigenvalue weighted by molar-refractivity contribution is 9.09. The van der Waals surface area contributed by atoms with E-state index in [4.69, 9.17) is 10.00 Å². The Morgan fingerprint density at radius 3 is 2.81 bits per heavy atom. The van der Waals surface area contributed by atoms with E-state index in [0.717, 1.165) is 29.7 Å². The highest BCUT2D eigenvalue weighted by atomic mass is 79.9. The van der Waals surface area contributed by atoms with Crippen LogP contribution in [0.15, 0.2) is 18.2 Å². The maximum absolute atomic E-state index is 8.78. The Morgan fingerprint density at radius 2 is 2.12 bits per heavy atom. The maximum Gasteiger partial charge on any atom is 0.123 e. The van der Waals surface area contributed by atoms with Gasteiger partial charge in [-0.2, -0.15) is 5.26 Å². The Balaban J connectivity index is 2.44. The molecular weight excluding hydrogens is 266 g/mol. The lowest BCUT2D eigenvalue weighted by molar-refractivity contribution is 0.304. The number of halogens is 1. The second kappa shape index (κ2) is 7.29. The first-order valence-corrected chi connectivity index (χ1v) is 6.59. The molecule has 1 aromatic rings. The molecule has 0 aliphatic carbocycles. The summed E-state index contributed by atoms with van der Waals surface area (Å²) in [5.74, 6) is 0.831. The van der Waals surface area contributed by atoms with E-state index in [1.807, 2.05) is 19.1 Å². The summed E-state index contributed by atoms with van der Waals surface area (Å²) in [5, 5.41) is 9.84. The topological polar surface area (TPSA) is 33.0 Å². The number of hydrogen-bond acceptors (Lipinski definition) is 2. The molecule has 0 heterocycles. The highest BCUT2D eigenvalue weighted by Crippen LogP contribution is 2.19. The van der Waals surface area contributed by atoms with Gasteiger partial charge in [0.1, 0.15) is 5.75 Å². The van der Waals surface area contributed by atoms with Gasteiger partial charge in [-0.25, -0.2) is 0 Å². The summed E-state index contributed by atoms with van der Waals surface area (Å²) in [7, 11) is 0. The molecule has 0 radical (unpaired) electrons. The maximum atomic E-state index is 8.78. The Labute approximate surface area is 105 Å². The summed E-state index contributed by atoms with van der Waals surface area (Å²) in [6, 6.07) is 7.66. The van der Waals surface area contributed by atoms with Crippen LogP contribution < -0.4 is 4.74 Å². The minimum Gasteiger partial charge on any atom is -0.493 e. The number of hydrogen-bond donors (Lipinski definition) is 0. The van der Waals surface area contributed by atoms with E-state index in [-0.39, 0.29) is 0 Å². The number of ether oxygens (including phenoxy) is 1. The molecule has 0 aromatic heterocycles. The lowest BCUT2D eigenvalue weighted by atomic mass is 10.1. The quantitative estimate of drug-likeness (QED) is 0.587. The summed E-state index contributed by atoms with van der Waals surface area (Å²) in [6.45, 7) is 2.72. The Morgan fingerprint density at radius 1 is 1.31 bits per heavy atom. The Hall–Kier alpha value is -1.01. The van der Waals surface area contributed by atoms with Crippen LogP contribution in [0, 0.1) is 18.3 Å². The molecule has 0 atom stereocenters. The van der Waals surface area contributed by atoms with Gasteiger partial charge in [-0.15, -0.1) is 0 Å². The van der Waals surface area contributed by atoms with Crippen LogP contribution in [0.5, 0.6) is 5.75 Å². The van der Waals surface area contributed by atoms with Crippen LogP contribution in [0.2, 0.25) is 0 Å². The van der Waals surface area contributed by atoms with Crippen molar-refractivity contribution in [3.63, 3.8) is 0 Å². The predicted molar refractivity (Wildman–Crippen MR) is 69.0 cm³/mol. The first-order valence-electron chi connectivity index (χ1n) is 5.47. The number of alkyl halides is 1. The van der Waals surface area contributed by atoms with Gasteiger partial charge >= 0.3 is 0 Å². The van der Waals surface area contributed by atoms with E-state index in [0.29, 0.717) is 5.56 Å². The van der Waals surface area contributed by atoms with Gasteiger partial charge in [0.2, 0.25) is 0 Å². The lowest BCUT2D eigenvalue weighted by Gasteiger charge is -2.08. The minimum absolute atomic E-state index is 0.654. The number of unbranched alkanes of at least 4 members (excludes halogenated alkanes) is 2. The molecule has 0 spiro atoms. The van der Waals surface area contributed by atoms with E-state index < -0.39 is 0 Å². The standard InChI is InChI=1S/C13H16BrNO/c1-11-5-6-12(10-15)9-13(11)16-8-4-2-3-7-14/h5-6,9H,2-4,7-8H2,1H3. The van der Waals surface area contributed by atoms with Gasteiger partial charge in [0.15, 0.2) is 0 Å². The van der Waals surface area contributed by atoms with Gasteiger partial charge in [-0.3, -0.25) is 0 Å². The molecule has 2 nitrogen and oxygen atoms in total. The van der Waals surface area contributed by atoms with Crippen molar-refractivity contribution >= 4 is 15.9 Å². The second-order valence-corrected chi connectivity index (χ2v) is 4.48. The molecule has 0 amide bonds. The number of aryl methyl sites for hydroxylation is 1. The average Bonchev–Trinajstić information content (AvgIpc) is 2.31. The summed E-state index contributed by atoms with van der Waals surface area (Å²) < 4.78 is 5.66. The second-order valence-electron chi connectivity index (χ2n) is 3.69. The smallest absolute Gasteiger partial charge is 0.123 e. The van der Waals surface area contributed by atoms with Crippen molar-refractivity contribution in [3.8, 4) is 11.8 Å². The van der Waals surface area contributed by atoms with Crippen LogP contribution in [0.4, 0.5) is 0 Å². The van der Waals surface area contributed by atoms with Crippen molar-refractivity contribution < 1.29 is 4.74 Å². The minimum atomic E-state index is 0.654. The van der Waals surface area contributed by atoms with E-state index >= 15 is 0 Å². The third-order valence-corrected chi connectivity index (χ3v) is 2.91. The zero-order chi connectivity index (χ0) is 11.8. The van der Waals surface area contributed by atoms with Crippen LogP contribution in [0.25, 0.3) is 0 Å². The van der Waals surface area contributed by atoms with Crippen LogP contribution >= 0.6 is 15.9 Å². The van der Waals surface area contributed by atoms with Crippen molar-refractivity contribution in [2.45, 2.75) is 26.2 Å². The van der Waals surface area contributed by atoms with Gasteiger partial charge in [-0.1, -0.05) is 22.0 Å². The summed E-state index contributed by atoms with van der Waals surface area (Å²) >= 11 is 3.40. The third-order valence-electron chi connectivity index (χ3n) is 2.35. The molecule has 1 rings (SSSR count). The highest BCUT2D eigenvalue weighted by Gasteiger charge is 2.01. The first kappa shape index (κ1) is 13.1. The van der Waals surface area contributed by atoms with Crippen molar-refractivity contribution in [2.24, 2.45) is 0 Å². The molecular formula is C13H16BrNO. The third kappa shape index (κ3) is 4.24. The first-order chi connectivity index (χ1) is 7.77. The van der Waals surface area contributed by atoms with Crippen molar-refractivity contribution in [2.75, 3.05) is 11.9 Å². The number of rotatable bonds is 6. The van der Waals surface area contributed by atoms with Crippen molar-refractivity contribution in [1.29, 1.82) is 5.26 Å². The normalized spacial score (nSPS) is 9.81. The van der Waals surface area contributed by atoms with E-state index in [1.165, 1.54) is 12.8 Å². The van der Waals surface area contributed by atoms with E-state index in [1.54, 1.807) is 6.07 Å². The summed E-state index contributed by atoms with van der Waals surface area (Å²) in [4.78, 5) is 0. The molecule has 0 saturated heterocycles. The van der Waals surface area contributed by atoms with Crippen LogP contribution in [-0.4, -0.2) is 11.9 Å². The fourth-order valence-electron chi connectivity index (χ4n) is 1.38. The SMILES string of the molecule is Cc1ccc(C#N)cc1OCCCCCBr. The molecule has 1 aromatic carbocycles. The Kier molecular flexibility index (Phi) is 5.95. The van der Waals surface area contributed by atoms with E-state index in [2.05, 4.69) is 22.0 Å². The number of nitrogens with zero attached hydrogens (tertiary/aromatic N) is 1. The fourth-order valence-corrected chi connectivity index (χ4v) is 1.78. The molecule has 0 unspecified atom stereocenters. The largest absolute Gasteiger partial charge is 0.493 e. The van der Waals surface area contributed by atoms with Gasteiger partial charge in [-0.05, 0) is 43.9 Å². The van der Waals surface area contributed by atoms with E-state index in [9.17, 15) is 0 Å². The van der Waals surface area contributed by atoms with Gasteiger partial charge in [0.25, 0.3) is 0 Å². The van der Waals surface area contributed by atoms with Gasteiger partial charge in [0.05, 0.1) is 18.2 Å². The predicted octanol–water partition coefficient (Wildman–Crippen LogP) is 3.81. The fraction of sp³-hybridized carbons (Fsp3) is 0.462. The van der Waals surface area contributed by atoms with Crippen molar-refractivity contribution in [3.05, 3.63) is 29.3 Å². The molecule has 0 N–H and O–H groups in total.